The van der Waals surface area contributed by atoms with Crippen molar-refractivity contribution in [1.29, 1.82) is 5.41 Å². The van der Waals surface area contributed by atoms with Crippen molar-refractivity contribution in [3.05, 3.63) is 24.3 Å². The van der Waals surface area contributed by atoms with Crippen molar-refractivity contribution >= 4 is 24.1 Å². The van der Waals surface area contributed by atoms with E-state index in [1.165, 1.54) is 5.01 Å². The van der Waals surface area contributed by atoms with Crippen molar-refractivity contribution in [3.63, 3.8) is 0 Å². The fraction of sp³-hybridized carbons (Fsp3) is 0.200. The molecule has 15 heavy (non-hydrogen) atoms. The smallest absolute Gasteiger partial charge is 0.236 e. The van der Waals surface area contributed by atoms with Crippen molar-refractivity contribution in [2.24, 2.45) is 10.8 Å². The number of rotatable bonds is 2. The molecule has 5 nitrogen and oxygen atoms in total. The second kappa shape index (κ2) is 4.56. The monoisotopic (exact) mass is 205 g/mol. The van der Waals surface area contributed by atoms with Gasteiger partial charge >= 0.3 is 0 Å². The van der Waals surface area contributed by atoms with E-state index in [-0.39, 0.29) is 5.96 Å². The molecule has 0 unspecified atom stereocenters. The Hall–Kier alpha value is -1.88. The quantitative estimate of drug-likeness (QED) is 0.328. The average Bonchev–Trinajstić information content (AvgIpc) is 2.27. The molecule has 0 heterocycles. The molecule has 1 rings (SSSR count). The molecule has 1 aromatic rings. The maximum Gasteiger partial charge on any atom is 0.236 e. The van der Waals surface area contributed by atoms with Crippen LogP contribution < -0.4 is 15.8 Å². The molecule has 0 aromatic heterocycles. The van der Waals surface area contributed by atoms with E-state index in [1.807, 2.05) is 43.3 Å². The van der Waals surface area contributed by atoms with Crippen LogP contribution in [0.3, 0.4) is 0 Å². The van der Waals surface area contributed by atoms with Crippen LogP contribution in [0.5, 0.6) is 0 Å². The van der Waals surface area contributed by atoms with Crippen molar-refractivity contribution < 1.29 is 0 Å². The number of guanidine groups is 1. The standard InChI is InChI=1S/C10H15N5/c1-13-10(11)15(12)9-6-4-8(5-7-9)14(2)3/h4-7,11H,1,12H2,2-3H3. The van der Waals surface area contributed by atoms with Gasteiger partial charge in [-0.15, -0.1) is 0 Å². The van der Waals surface area contributed by atoms with Gasteiger partial charge < -0.3 is 4.90 Å². The van der Waals surface area contributed by atoms with Gasteiger partial charge in [0.05, 0.1) is 5.69 Å². The van der Waals surface area contributed by atoms with Crippen LogP contribution in [0.1, 0.15) is 0 Å². The van der Waals surface area contributed by atoms with E-state index in [0.717, 1.165) is 5.69 Å². The molecule has 3 N–H and O–H groups in total. The highest BCUT2D eigenvalue weighted by Crippen LogP contribution is 2.17. The van der Waals surface area contributed by atoms with Crippen LogP contribution in [0.4, 0.5) is 11.4 Å². The van der Waals surface area contributed by atoms with Gasteiger partial charge in [0.2, 0.25) is 5.96 Å². The summed E-state index contributed by atoms with van der Waals surface area (Å²) in [7, 11) is 3.92. The largest absolute Gasteiger partial charge is 0.378 e. The van der Waals surface area contributed by atoms with Crippen LogP contribution in [0.25, 0.3) is 0 Å². The summed E-state index contributed by atoms with van der Waals surface area (Å²) >= 11 is 0. The first-order valence-corrected chi connectivity index (χ1v) is 4.43. The van der Waals surface area contributed by atoms with Gasteiger partial charge in [0.25, 0.3) is 0 Å². The third-order valence-corrected chi connectivity index (χ3v) is 2.02. The summed E-state index contributed by atoms with van der Waals surface area (Å²) in [5.74, 6) is 5.56. The molecule has 0 amide bonds. The summed E-state index contributed by atoms with van der Waals surface area (Å²) in [6.45, 7) is 3.25. The summed E-state index contributed by atoms with van der Waals surface area (Å²) in [6.07, 6.45) is 0. The summed E-state index contributed by atoms with van der Waals surface area (Å²) in [6, 6.07) is 7.50. The van der Waals surface area contributed by atoms with Gasteiger partial charge in [-0.3, -0.25) is 5.41 Å². The minimum atomic E-state index is -0.0763. The number of hydrazine groups is 1. The average molecular weight is 205 g/mol. The number of aliphatic imine (C=N–C) groups is 1. The number of nitrogens with zero attached hydrogens (tertiary/aromatic N) is 3. The molecule has 0 saturated carbocycles. The molecule has 80 valence electrons. The SMILES string of the molecule is C=NC(=N)N(N)c1ccc(N(C)C)cc1. The molecule has 1 aromatic carbocycles. The lowest BCUT2D eigenvalue weighted by molar-refractivity contribution is 1.09. The molecule has 0 bridgehead atoms. The minimum Gasteiger partial charge on any atom is -0.378 e. The van der Waals surface area contributed by atoms with Crippen molar-refractivity contribution in [1.82, 2.24) is 0 Å². The Labute approximate surface area is 89.3 Å². The van der Waals surface area contributed by atoms with E-state index in [4.69, 9.17) is 11.3 Å². The normalized spacial score (nSPS) is 9.53. The molecule has 0 spiro atoms. The number of benzene rings is 1. The second-order valence-corrected chi connectivity index (χ2v) is 3.26. The number of nitrogens with one attached hydrogen (secondary N) is 1. The third kappa shape index (κ3) is 2.54. The molecule has 0 saturated heterocycles. The molecular formula is C10H15N5. The van der Waals surface area contributed by atoms with Crippen LogP contribution in [0.15, 0.2) is 29.3 Å². The zero-order chi connectivity index (χ0) is 11.4. The minimum absolute atomic E-state index is 0.0763. The van der Waals surface area contributed by atoms with E-state index < -0.39 is 0 Å². The first-order chi connectivity index (χ1) is 7.06. The van der Waals surface area contributed by atoms with Crippen molar-refractivity contribution in [2.45, 2.75) is 0 Å². The lowest BCUT2D eigenvalue weighted by atomic mass is 10.2. The molecular weight excluding hydrogens is 190 g/mol. The highest BCUT2D eigenvalue weighted by atomic mass is 15.5. The highest BCUT2D eigenvalue weighted by molar-refractivity contribution is 5.95. The van der Waals surface area contributed by atoms with Gasteiger partial charge in [0, 0.05) is 19.8 Å². The predicted molar refractivity (Wildman–Crippen MR) is 64.7 cm³/mol. The molecule has 0 aliphatic rings. The number of nitrogens with two attached hydrogens (primary N) is 1. The zero-order valence-electron chi connectivity index (χ0n) is 8.94. The maximum atomic E-state index is 7.38. The molecule has 5 heteroatoms. The number of anilines is 2. The topological polar surface area (TPSA) is 68.7 Å². The summed E-state index contributed by atoms with van der Waals surface area (Å²) in [5, 5.41) is 8.55. The lowest BCUT2D eigenvalue weighted by Gasteiger charge is -2.18. The van der Waals surface area contributed by atoms with Gasteiger partial charge in [-0.2, -0.15) is 0 Å². The van der Waals surface area contributed by atoms with Crippen LogP contribution in [0.2, 0.25) is 0 Å². The third-order valence-electron chi connectivity index (χ3n) is 2.02. The summed E-state index contributed by atoms with van der Waals surface area (Å²) in [4.78, 5) is 5.43. The Morgan fingerprint density at radius 1 is 1.27 bits per heavy atom. The van der Waals surface area contributed by atoms with Crippen LogP contribution in [-0.4, -0.2) is 26.8 Å². The van der Waals surface area contributed by atoms with Gasteiger partial charge in [0.15, 0.2) is 0 Å². The van der Waals surface area contributed by atoms with E-state index in [1.54, 1.807) is 0 Å². The number of hydrogen-bond donors (Lipinski definition) is 2. The first-order valence-electron chi connectivity index (χ1n) is 4.43. The molecule has 0 aliphatic carbocycles. The predicted octanol–water partition coefficient (Wildman–Crippen LogP) is 1.07. The first kappa shape index (κ1) is 11.2. The molecule has 0 aliphatic heterocycles. The van der Waals surface area contributed by atoms with Crippen LogP contribution >= 0.6 is 0 Å². The van der Waals surface area contributed by atoms with Gasteiger partial charge in [-0.1, -0.05) is 0 Å². The van der Waals surface area contributed by atoms with E-state index >= 15 is 0 Å². The van der Waals surface area contributed by atoms with Gasteiger partial charge in [0.1, 0.15) is 0 Å². The Bertz CT molecular complexity index is 355. The Morgan fingerprint density at radius 3 is 2.13 bits per heavy atom. The van der Waals surface area contributed by atoms with E-state index in [2.05, 4.69) is 11.7 Å². The highest BCUT2D eigenvalue weighted by Gasteiger charge is 2.05. The zero-order valence-corrected chi connectivity index (χ0v) is 8.94. The Balaban J connectivity index is 2.88. The van der Waals surface area contributed by atoms with Crippen molar-refractivity contribution in [2.75, 3.05) is 24.0 Å². The molecule has 0 fully saturated rings. The molecule has 0 radical (unpaired) electrons. The maximum absolute atomic E-state index is 7.38. The van der Waals surface area contributed by atoms with Gasteiger partial charge in [-0.05, 0) is 31.0 Å². The van der Waals surface area contributed by atoms with Gasteiger partial charge in [-0.25, -0.2) is 15.8 Å². The Kier molecular flexibility index (Phi) is 3.41. The van der Waals surface area contributed by atoms with E-state index in [0.29, 0.717) is 5.69 Å². The van der Waals surface area contributed by atoms with Crippen molar-refractivity contribution in [3.8, 4) is 0 Å². The summed E-state index contributed by atoms with van der Waals surface area (Å²) < 4.78 is 0. The lowest BCUT2D eigenvalue weighted by Crippen LogP contribution is -2.35. The van der Waals surface area contributed by atoms with Crippen LogP contribution in [0, 0.1) is 5.41 Å². The molecule has 0 atom stereocenters. The fourth-order valence-electron chi connectivity index (χ4n) is 1.11. The van der Waals surface area contributed by atoms with Crippen LogP contribution in [-0.2, 0) is 0 Å². The fourth-order valence-corrected chi connectivity index (χ4v) is 1.11. The number of hydrogen-bond acceptors (Lipinski definition) is 3. The summed E-state index contributed by atoms with van der Waals surface area (Å²) in [5.41, 5.74) is 1.78. The van der Waals surface area contributed by atoms with E-state index in [9.17, 15) is 0 Å². The Morgan fingerprint density at radius 2 is 1.73 bits per heavy atom. The second-order valence-electron chi connectivity index (χ2n) is 3.26.